The number of imidazole rings is 1. The third-order valence-electron chi connectivity index (χ3n) is 7.36. The molecule has 0 N–H and O–H groups in total. The fourth-order valence-electron chi connectivity index (χ4n) is 5.01. The Kier molecular flexibility index (Phi) is 9.02. The molecule has 216 valence electrons. The molecule has 1 atom stereocenters. The van der Waals surface area contributed by atoms with Crippen LogP contribution in [0.5, 0.6) is 17.2 Å². The number of pyridine rings is 1. The molecule has 2 heterocycles. The molecule has 1 unspecified atom stereocenters. The van der Waals surface area contributed by atoms with Crippen LogP contribution in [-0.4, -0.2) is 48.0 Å². The van der Waals surface area contributed by atoms with Crippen molar-refractivity contribution in [2.75, 3.05) is 27.8 Å². The van der Waals surface area contributed by atoms with Gasteiger partial charge in [-0.05, 0) is 59.5 Å². The van der Waals surface area contributed by atoms with Gasteiger partial charge in [-0.25, -0.2) is 9.37 Å². The number of carbonyl (C=O) groups excluding carboxylic acids is 1. The molecule has 42 heavy (non-hydrogen) atoms. The predicted molar refractivity (Wildman–Crippen MR) is 160 cm³/mol. The summed E-state index contributed by atoms with van der Waals surface area (Å²) in [4.78, 5) is 19.9. The molecule has 0 radical (unpaired) electrons. The lowest BCUT2D eigenvalue weighted by Crippen LogP contribution is -2.30. The summed E-state index contributed by atoms with van der Waals surface area (Å²) in [7, 11) is 4.99. The second-order valence-corrected chi connectivity index (χ2v) is 10.1. The second kappa shape index (κ2) is 13.2. The van der Waals surface area contributed by atoms with Gasteiger partial charge < -0.3 is 23.5 Å². The van der Waals surface area contributed by atoms with Crippen LogP contribution in [0.2, 0.25) is 0 Å². The molecule has 5 aromatic rings. The van der Waals surface area contributed by atoms with Gasteiger partial charge in [0.25, 0.3) is 0 Å². The maximum absolute atomic E-state index is 14.4. The summed E-state index contributed by atoms with van der Waals surface area (Å²) in [6, 6.07) is 25.8. The molecule has 7 nitrogen and oxygen atoms in total. The largest absolute Gasteiger partial charge is 0.493 e. The first-order valence-electron chi connectivity index (χ1n) is 13.8. The minimum Gasteiger partial charge on any atom is -0.493 e. The van der Waals surface area contributed by atoms with Gasteiger partial charge in [0.15, 0.2) is 22.9 Å². The summed E-state index contributed by atoms with van der Waals surface area (Å²) in [6.07, 6.45) is 4.43. The van der Waals surface area contributed by atoms with Crippen molar-refractivity contribution in [1.82, 2.24) is 14.3 Å². The van der Waals surface area contributed by atoms with E-state index in [0.717, 1.165) is 16.8 Å². The van der Waals surface area contributed by atoms with E-state index in [0.29, 0.717) is 48.0 Å². The lowest BCUT2D eigenvalue weighted by Gasteiger charge is -2.22. The summed E-state index contributed by atoms with van der Waals surface area (Å²) in [6.45, 7) is 0.911. The lowest BCUT2D eigenvalue weighted by molar-refractivity contribution is -0.130. The Hall–Kier alpha value is -4.85. The molecule has 0 spiro atoms. The fraction of sp³-hybridized carbons (Fsp3) is 0.235. The van der Waals surface area contributed by atoms with Crippen molar-refractivity contribution in [3.05, 3.63) is 126 Å². The Morgan fingerprint density at radius 3 is 2.48 bits per heavy atom. The molecule has 0 aliphatic heterocycles. The predicted octanol–water partition coefficient (Wildman–Crippen LogP) is 6.29. The van der Waals surface area contributed by atoms with Crippen LogP contribution in [0.25, 0.3) is 5.65 Å². The van der Waals surface area contributed by atoms with Gasteiger partial charge >= 0.3 is 0 Å². The summed E-state index contributed by atoms with van der Waals surface area (Å²) in [5, 5.41) is 0. The van der Waals surface area contributed by atoms with Crippen molar-refractivity contribution < 1.29 is 23.4 Å². The van der Waals surface area contributed by atoms with Gasteiger partial charge in [0.2, 0.25) is 5.91 Å². The van der Waals surface area contributed by atoms with Crippen molar-refractivity contribution in [1.29, 1.82) is 0 Å². The zero-order valence-electron chi connectivity index (χ0n) is 24.0. The normalized spacial score (nSPS) is 11.7. The van der Waals surface area contributed by atoms with Crippen molar-refractivity contribution in [2.45, 2.75) is 25.4 Å². The van der Waals surface area contributed by atoms with Crippen molar-refractivity contribution in [3.63, 3.8) is 0 Å². The molecule has 0 bridgehead atoms. The van der Waals surface area contributed by atoms with Crippen LogP contribution < -0.4 is 14.2 Å². The van der Waals surface area contributed by atoms with E-state index in [1.165, 1.54) is 12.1 Å². The Morgan fingerprint density at radius 1 is 0.905 bits per heavy atom. The van der Waals surface area contributed by atoms with E-state index in [-0.39, 0.29) is 18.1 Å². The van der Waals surface area contributed by atoms with Crippen LogP contribution in [0.1, 0.15) is 34.7 Å². The topological polar surface area (TPSA) is 65.3 Å². The highest BCUT2D eigenvalue weighted by Gasteiger charge is 2.25. The van der Waals surface area contributed by atoms with Gasteiger partial charge in [0, 0.05) is 38.3 Å². The van der Waals surface area contributed by atoms with Crippen LogP contribution in [0, 0.1) is 5.82 Å². The van der Waals surface area contributed by atoms with Gasteiger partial charge in [-0.3, -0.25) is 4.79 Å². The van der Waals surface area contributed by atoms with E-state index in [4.69, 9.17) is 14.2 Å². The first kappa shape index (κ1) is 28.7. The third-order valence-corrected chi connectivity index (χ3v) is 7.36. The number of methoxy groups -OCH3 is 2. The number of aromatic nitrogens is 2. The quantitative estimate of drug-likeness (QED) is 0.177. The maximum atomic E-state index is 14.4. The van der Waals surface area contributed by atoms with Crippen LogP contribution >= 0.6 is 0 Å². The zero-order valence-corrected chi connectivity index (χ0v) is 24.0. The van der Waals surface area contributed by atoms with Crippen LogP contribution in [0.4, 0.5) is 4.39 Å². The second-order valence-electron chi connectivity index (χ2n) is 10.1. The number of likely N-dealkylation sites (N-methyl/N-ethyl adjacent to an activating group) is 1. The fourth-order valence-corrected chi connectivity index (χ4v) is 5.01. The van der Waals surface area contributed by atoms with Gasteiger partial charge in [0.1, 0.15) is 12.4 Å². The minimum absolute atomic E-state index is 0.0591. The summed E-state index contributed by atoms with van der Waals surface area (Å²) in [5.74, 6) is 1.10. The molecule has 2 aromatic heterocycles. The third kappa shape index (κ3) is 6.54. The standard InChI is InChI=1S/C34H34FN3O4/c1-37(18-16-24-14-15-30(40-2)32(19-24)41-3)33(39)21-28(26-11-7-12-27(35)20-26)29-22-36-34-31(13-8-17-38(29)34)42-23-25-9-5-4-6-10-25/h4-15,17,19-20,22,28H,16,18,21,23H2,1-3H3. The Balaban J connectivity index is 1.37. The number of amides is 1. The molecule has 8 heteroatoms. The molecule has 1 amide bonds. The zero-order chi connectivity index (χ0) is 29.5. The van der Waals surface area contributed by atoms with Crippen LogP contribution in [0.15, 0.2) is 97.3 Å². The van der Waals surface area contributed by atoms with Crippen LogP contribution in [0.3, 0.4) is 0 Å². The van der Waals surface area contributed by atoms with E-state index < -0.39 is 5.92 Å². The Bertz CT molecular complexity index is 1650. The van der Waals surface area contributed by atoms with E-state index in [1.54, 1.807) is 38.4 Å². The van der Waals surface area contributed by atoms with Gasteiger partial charge in [0.05, 0.1) is 19.9 Å². The smallest absolute Gasteiger partial charge is 0.223 e. The summed E-state index contributed by atoms with van der Waals surface area (Å²) < 4.78 is 33.1. The molecule has 3 aromatic carbocycles. The molecule has 0 fully saturated rings. The molecule has 0 saturated carbocycles. The Morgan fingerprint density at radius 2 is 1.71 bits per heavy atom. The molecular weight excluding hydrogens is 533 g/mol. The number of halogens is 1. The monoisotopic (exact) mass is 567 g/mol. The number of benzene rings is 3. The van der Waals surface area contributed by atoms with Crippen molar-refractivity contribution in [2.24, 2.45) is 0 Å². The van der Waals surface area contributed by atoms with Crippen molar-refractivity contribution in [3.8, 4) is 17.2 Å². The number of carbonyl (C=O) groups is 1. The molecule has 5 rings (SSSR count). The molecule has 0 aliphatic rings. The molecule has 0 saturated heterocycles. The van der Waals surface area contributed by atoms with E-state index in [1.807, 2.05) is 77.3 Å². The maximum Gasteiger partial charge on any atom is 0.223 e. The van der Waals surface area contributed by atoms with E-state index in [9.17, 15) is 9.18 Å². The molecular formula is C34H34FN3O4. The minimum atomic E-state index is -0.420. The summed E-state index contributed by atoms with van der Waals surface area (Å²) in [5.41, 5.74) is 4.19. The van der Waals surface area contributed by atoms with Gasteiger partial charge in [-0.15, -0.1) is 0 Å². The van der Waals surface area contributed by atoms with Gasteiger partial charge in [-0.2, -0.15) is 0 Å². The highest BCUT2D eigenvalue weighted by atomic mass is 19.1. The van der Waals surface area contributed by atoms with E-state index in [2.05, 4.69) is 4.98 Å². The number of ether oxygens (including phenoxy) is 3. The molecule has 0 aliphatic carbocycles. The average molecular weight is 568 g/mol. The highest BCUT2D eigenvalue weighted by molar-refractivity contribution is 5.77. The number of rotatable bonds is 12. The lowest BCUT2D eigenvalue weighted by atomic mass is 9.92. The first-order chi connectivity index (χ1) is 20.5. The number of nitrogens with zero attached hydrogens (tertiary/aromatic N) is 3. The average Bonchev–Trinajstić information content (AvgIpc) is 3.46. The van der Waals surface area contributed by atoms with Gasteiger partial charge in [-0.1, -0.05) is 48.5 Å². The number of hydrogen-bond donors (Lipinski definition) is 0. The van der Waals surface area contributed by atoms with Crippen LogP contribution in [-0.2, 0) is 17.8 Å². The first-order valence-corrected chi connectivity index (χ1v) is 13.8. The summed E-state index contributed by atoms with van der Waals surface area (Å²) >= 11 is 0. The van der Waals surface area contributed by atoms with E-state index >= 15 is 0 Å². The number of fused-ring (bicyclic) bond motifs is 1. The Labute approximate surface area is 245 Å². The van der Waals surface area contributed by atoms with Crippen molar-refractivity contribution >= 4 is 11.6 Å². The number of hydrogen-bond acceptors (Lipinski definition) is 5. The highest BCUT2D eigenvalue weighted by Crippen LogP contribution is 2.32. The SMILES string of the molecule is COc1ccc(CCN(C)C(=O)CC(c2cccc(F)c2)c2cnc3c(OCc4ccccc4)cccn23)cc1OC.